The molecule has 13 heteroatoms. The highest BCUT2D eigenvalue weighted by Crippen LogP contribution is 2.40. The van der Waals surface area contributed by atoms with E-state index in [0.717, 1.165) is 23.8 Å². The third-order valence-corrected chi connectivity index (χ3v) is 9.02. The fraction of sp³-hybridized carbons (Fsp3) is 0.412. The van der Waals surface area contributed by atoms with Crippen molar-refractivity contribution in [1.29, 1.82) is 0 Å². The molecule has 1 fully saturated rings. The van der Waals surface area contributed by atoms with Crippen LogP contribution in [0.1, 0.15) is 52.5 Å². The van der Waals surface area contributed by atoms with E-state index in [9.17, 15) is 13.2 Å². The molecule has 12 nitrogen and oxygen atoms in total. The third kappa shape index (κ3) is 8.39. The van der Waals surface area contributed by atoms with E-state index in [2.05, 4.69) is 20.0 Å². The highest BCUT2D eigenvalue weighted by atomic mass is 32.2. The van der Waals surface area contributed by atoms with E-state index in [1.54, 1.807) is 48.7 Å². The Hall–Kier alpha value is -4.65. The molecule has 0 radical (unpaired) electrons. The van der Waals surface area contributed by atoms with Gasteiger partial charge in [-0.05, 0) is 70.7 Å². The molecule has 1 saturated heterocycles. The van der Waals surface area contributed by atoms with E-state index in [0.29, 0.717) is 59.3 Å². The van der Waals surface area contributed by atoms with Crippen LogP contribution in [0.3, 0.4) is 0 Å². The normalized spacial score (nSPS) is 15.3. The van der Waals surface area contributed by atoms with Crippen molar-refractivity contribution in [2.45, 2.75) is 65.5 Å². The van der Waals surface area contributed by atoms with Crippen LogP contribution in [-0.4, -0.2) is 72.0 Å². The molecule has 0 bridgehead atoms. The number of rotatable bonds is 10. The maximum absolute atomic E-state index is 12.7. The number of pyridine rings is 1. The number of amides is 1. The molecular formula is C34H42N6O6S. The number of nitrogens with zero attached hydrogens (tertiary/aromatic N) is 4. The first-order valence-electron chi connectivity index (χ1n) is 15.7. The SMILES string of the molecule is CCCS(=O)(=O)Nc1cccc2c(Oc3ncc(OC)cc3-c3ccnc(N[C@H]4CCCN(C(=O)OC(C)(C)C)C4)n3)c(C)ccc12. The number of aromatic nitrogens is 3. The zero-order valence-corrected chi connectivity index (χ0v) is 28.5. The first-order chi connectivity index (χ1) is 22.4. The van der Waals surface area contributed by atoms with E-state index in [1.807, 2.05) is 52.8 Å². The number of benzene rings is 2. The van der Waals surface area contributed by atoms with Gasteiger partial charge in [0.1, 0.15) is 17.1 Å². The van der Waals surface area contributed by atoms with Crippen LogP contribution in [0.15, 0.2) is 54.9 Å². The van der Waals surface area contributed by atoms with Crippen molar-refractivity contribution in [3.63, 3.8) is 0 Å². The molecule has 1 atom stereocenters. The van der Waals surface area contributed by atoms with Gasteiger partial charge in [0.2, 0.25) is 21.9 Å². The maximum Gasteiger partial charge on any atom is 0.410 e. The average Bonchev–Trinajstić information content (AvgIpc) is 3.02. The van der Waals surface area contributed by atoms with E-state index in [-0.39, 0.29) is 23.8 Å². The Kier molecular flexibility index (Phi) is 10.0. The second-order valence-electron chi connectivity index (χ2n) is 12.5. The van der Waals surface area contributed by atoms with E-state index in [4.69, 9.17) is 19.2 Å². The van der Waals surface area contributed by atoms with E-state index >= 15 is 0 Å². The second kappa shape index (κ2) is 14.0. The molecule has 47 heavy (non-hydrogen) atoms. The van der Waals surface area contributed by atoms with Crippen molar-refractivity contribution in [2.24, 2.45) is 0 Å². The Balaban J connectivity index is 1.44. The Labute approximate surface area is 275 Å². The number of aryl methyl sites for hydroxylation is 1. The standard InChI is InChI=1S/C34H42N6O6S/c1-7-18-47(42,43)39-29-12-8-11-26-25(29)14-13-22(2)30(26)45-31-27(19-24(44-6)20-36-31)28-15-16-35-32(38-28)37-23-10-9-17-40(21-23)33(41)46-34(3,4)5/h8,11-16,19-20,23,39H,7,9-10,17-18,21H2,1-6H3,(H,35,37,38)/t23-/m0/s1. The summed E-state index contributed by atoms with van der Waals surface area (Å²) in [6, 6.07) is 12.7. The van der Waals surface area contributed by atoms with E-state index < -0.39 is 15.6 Å². The molecule has 2 aromatic carbocycles. The number of anilines is 2. The summed E-state index contributed by atoms with van der Waals surface area (Å²) in [5.74, 6) is 1.77. The maximum atomic E-state index is 12.7. The van der Waals surface area contributed by atoms with Crippen molar-refractivity contribution in [3.8, 4) is 28.6 Å². The first kappa shape index (κ1) is 33.7. The molecule has 0 spiro atoms. The summed E-state index contributed by atoms with van der Waals surface area (Å²) in [4.78, 5) is 28.2. The van der Waals surface area contributed by atoms with Gasteiger partial charge in [-0.25, -0.2) is 28.2 Å². The summed E-state index contributed by atoms with van der Waals surface area (Å²) < 4.78 is 45.5. The van der Waals surface area contributed by atoms with Crippen LogP contribution in [0.4, 0.5) is 16.4 Å². The predicted molar refractivity (Wildman–Crippen MR) is 183 cm³/mol. The molecule has 1 aliphatic heterocycles. The van der Waals surface area contributed by atoms with Crippen molar-refractivity contribution in [3.05, 3.63) is 60.4 Å². The number of likely N-dealkylation sites (tertiary alicyclic amines) is 1. The molecule has 4 aromatic rings. The molecule has 5 rings (SSSR count). The number of hydrogen-bond donors (Lipinski definition) is 2. The Bertz CT molecular complexity index is 1860. The molecule has 2 N–H and O–H groups in total. The van der Waals surface area contributed by atoms with Gasteiger partial charge in [-0.15, -0.1) is 0 Å². The fourth-order valence-electron chi connectivity index (χ4n) is 5.41. The van der Waals surface area contributed by atoms with Crippen LogP contribution in [0.5, 0.6) is 17.4 Å². The number of fused-ring (bicyclic) bond motifs is 1. The summed E-state index contributed by atoms with van der Waals surface area (Å²) in [7, 11) is -1.94. The van der Waals surface area contributed by atoms with Gasteiger partial charge in [-0.1, -0.05) is 31.2 Å². The molecule has 2 aromatic heterocycles. The van der Waals surface area contributed by atoms with Gasteiger partial charge < -0.3 is 24.4 Å². The lowest BCUT2D eigenvalue weighted by molar-refractivity contribution is 0.0206. The zero-order chi connectivity index (χ0) is 33.8. The quantitative estimate of drug-likeness (QED) is 0.187. The lowest BCUT2D eigenvalue weighted by atomic mass is 10.0. The Morgan fingerprint density at radius 2 is 1.91 bits per heavy atom. The smallest absolute Gasteiger partial charge is 0.410 e. The predicted octanol–water partition coefficient (Wildman–Crippen LogP) is 6.76. The van der Waals surface area contributed by atoms with Gasteiger partial charge in [0.05, 0.1) is 36.0 Å². The number of nitrogens with one attached hydrogen (secondary N) is 2. The van der Waals surface area contributed by atoms with Crippen molar-refractivity contribution in [1.82, 2.24) is 19.9 Å². The number of piperidine rings is 1. The first-order valence-corrected chi connectivity index (χ1v) is 17.3. The largest absolute Gasteiger partial charge is 0.495 e. The minimum atomic E-state index is -3.50. The zero-order valence-electron chi connectivity index (χ0n) is 27.7. The van der Waals surface area contributed by atoms with Crippen LogP contribution < -0.4 is 19.5 Å². The summed E-state index contributed by atoms with van der Waals surface area (Å²) in [5.41, 5.74) is 1.87. The Morgan fingerprint density at radius 1 is 1.11 bits per heavy atom. The minimum absolute atomic E-state index is 0.0241. The average molecular weight is 663 g/mol. The number of ether oxygens (including phenoxy) is 3. The van der Waals surface area contributed by atoms with Gasteiger partial charge in [-0.2, -0.15) is 0 Å². The lowest BCUT2D eigenvalue weighted by Crippen LogP contribution is -2.47. The van der Waals surface area contributed by atoms with Gasteiger partial charge in [-0.3, -0.25) is 4.72 Å². The van der Waals surface area contributed by atoms with Crippen molar-refractivity contribution >= 4 is 38.5 Å². The summed E-state index contributed by atoms with van der Waals surface area (Å²) in [6.45, 7) is 10.4. The van der Waals surface area contributed by atoms with Crippen LogP contribution >= 0.6 is 0 Å². The van der Waals surface area contributed by atoms with Crippen LogP contribution in [0.25, 0.3) is 22.0 Å². The minimum Gasteiger partial charge on any atom is -0.495 e. The highest BCUT2D eigenvalue weighted by Gasteiger charge is 2.28. The van der Waals surface area contributed by atoms with E-state index in [1.165, 1.54) is 0 Å². The topological polar surface area (TPSA) is 145 Å². The molecular weight excluding hydrogens is 620 g/mol. The second-order valence-corrected chi connectivity index (χ2v) is 14.4. The van der Waals surface area contributed by atoms with Crippen LogP contribution in [-0.2, 0) is 14.8 Å². The summed E-state index contributed by atoms with van der Waals surface area (Å²) in [5, 5.41) is 4.81. The van der Waals surface area contributed by atoms with Crippen molar-refractivity contribution < 1.29 is 27.4 Å². The molecule has 0 aliphatic carbocycles. The number of carbonyl (C=O) groups is 1. The van der Waals surface area contributed by atoms with Crippen molar-refractivity contribution in [2.75, 3.05) is 36.0 Å². The van der Waals surface area contributed by atoms with Gasteiger partial charge in [0, 0.05) is 36.1 Å². The Morgan fingerprint density at radius 3 is 2.66 bits per heavy atom. The van der Waals surface area contributed by atoms with Gasteiger partial charge >= 0.3 is 6.09 Å². The molecule has 250 valence electrons. The fourth-order valence-corrected chi connectivity index (χ4v) is 6.56. The van der Waals surface area contributed by atoms with Crippen LogP contribution in [0, 0.1) is 6.92 Å². The number of sulfonamides is 1. The van der Waals surface area contributed by atoms with Crippen LogP contribution in [0.2, 0.25) is 0 Å². The third-order valence-electron chi connectivity index (χ3n) is 7.55. The number of hydrogen-bond acceptors (Lipinski definition) is 10. The molecule has 1 aliphatic rings. The molecule has 0 unspecified atom stereocenters. The summed E-state index contributed by atoms with van der Waals surface area (Å²) in [6.07, 6.45) is 5.05. The number of methoxy groups -OCH3 is 1. The monoisotopic (exact) mass is 662 g/mol. The highest BCUT2D eigenvalue weighted by molar-refractivity contribution is 7.92. The molecule has 3 heterocycles. The lowest BCUT2D eigenvalue weighted by Gasteiger charge is -2.34. The molecule has 0 saturated carbocycles. The molecule has 1 amide bonds. The van der Waals surface area contributed by atoms with Gasteiger partial charge in [0.25, 0.3) is 0 Å². The number of carbonyl (C=O) groups excluding carboxylic acids is 1. The van der Waals surface area contributed by atoms with Gasteiger partial charge in [0.15, 0.2) is 0 Å². The summed E-state index contributed by atoms with van der Waals surface area (Å²) >= 11 is 0.